The molecule has 0 aromatic carbocycles. The normalized spacial score (nSPS) is 36.2. The van der Waals surface area contributed by atoms with Crippen molar-refractivity contribution in [3.8, 4) is 0 Å². The molecule has 2 N–H and O–H groups in total. The first-order valence-electron chi connectivity index (χ1n) is 5.29. The van der Waals surface area contributed by atoms with Crippen LogP contribution in [0.2, 0.25) is 0 Å². The van der Waals surface area contributed by atoms with Crippen LogP contribution in [0.1, 0.15) is 46.5 Å². The van der Waals surface area contributed by atoms with Crippen molar-refractivity contribution in [1.82, 2.24) is 0 Å². The third-order valence-electron chi connectivity index (χ3n) is 2.97. The molecule has 0 aliphatic heterocycles. The fourth-order valence-electron chi connectivity index (χ4n) is 2.34. The van der Waals surface area contributed by atoms with E-state index in [0.29, 0.717) is 11.8 Å². The maximum absolute atomic E-state index is 9.74. The Balaban J connectivity index is 2.47. The minimum atomic E-state index is -0.636. The van der Waals surface area contributed by atoms with E-state index in [1.165, 1.54) is 0 Å². The minimum Gasteiger partial charge on any atom is -0.393 e. The van der Waals surface area contributed by atoms with Gasteiger partial charge in [0.15, 0.2) is 0 Å². The molecule has 1 saturated carbocycles. The first kappa shape index (κ1) is 11.0. The maximum Gasteiger partial charge on any atom is 0.0595 e. The van der Waals surface area contributed by atoms with Crippen LogP contribution in [0.4, 0.5) is 0 Å². The molecule has 2 nitrogen and oxygen atoms in total. The second-order valence-electron chi connectivity index (χ2n) is 5.26. The van der Waals surface area contributed by atoms with Gasteiger partial charge in [0, 0.05) is 0 Å². The van der Waals surface area contributed by atoms with Crippen LogP contribution in [0.15, 0.2) is 0 Å². The lowest BCUT2D eigenvalue weighted by Crippen LogP contribution is -2.34. The Morgan fingerprint density at radius 2 is 1.92 bits per heavy atom. The molecule has 1 aliphatic carbocycles. The van der Waals surface area contributed by atoms with Crippen molar-refractivity contribution in [2.75, 3.05) is 0 Å². The fourth-order valence-corrected chi connectivity index (χ4v) is 2.34. The highest BCUT2D eigenvalue weighted by molar-refractivity contribution is 4.82. The molecule has 3 unspecified atom stereocenters. The van der Waals surface area contributed by atoms with Gasteiger partial charge >= 0.3 is 0 Å². The SMILES string of the molecule is CC1CCC(O)C(CC(C)(C)O)C1. The summed E-state index contributed by atoms with van der Waals surface area (Å²) in [4.78, 5) is 0. The molecule has 78 valence electrons. The second-order valence-corrected chi connectivity index (χ2v) is 5.26. The summed E-state index contributed by atoms with van der Waals surface area (Å²) in [6.07, 6.45) is 3.62. The molecule has 0 radical (unpaired) electrons. The van der Waals surface area contributed by atoms with Crippen molar-refractivity contribution >= 4 is 0 Å². The molecule has 13 heavy (non-hydrogen) atoms. The van der Waals surface area contributed by atoms with Crippen LogP contribution in [0, 0.1) is 11.8 Å². The molecule has 2 heteroatoms. The Hall–Kier alpha value is -0.0800. The molecule has 0 amide bonds. The molecule has 3 atom stereocenters. The van der Waals surface area contributed by atoms with Gasteiger partial charge in [0.1, 0.15) is 0 Å². The van der Waals surface area contributed by atoms with Gasteiger partial charge in [-0.25, -0.2) is 0 Å². The van der Waals surface area contributed by atoms with E-state index in [1.54, 1.807) is 0 Å². The topological polar surface area (TPSA) is 40.5 Å². The van der Waals surface area contributed by atoms with Gasteiger partial charge in [0.2, 0.25) is 0 Å². The van der Waals surface area contributed by atoms with Gasteiger partial charge < -0.3 is 10.2 Å². The lowest BCUT2D eigenvalue weighted by Gasteiger charge is -2.34. The average Bonchev–Trinajstić information content (AvgIpc) is 1.94. The van der Waals surface area contributed by atoms with Gasteiger partial charge in [0.05, 0.1) is 11.7 Å². The van der Waals surface area contributed by atoms with Gasteiger partial charge in [0.25, 0.3) is 0 Å². The number of rotatable bonds is 2. The fraction of sp³-hybridized carbons (Fsp3) is 1.00. The van der Waals surface area contributed by atoms with Crippen LogP contribution in [0.3, 0.4) is 0 Å². The molecule has 0 spiro atoms. The molecular weight excluding hydrogens is 164 g/mol. The summed E-state index contributed by atoms with van der Waals surface area (Å²) in [5, 5.41) is 19.4. The Morgan fingerprint density at radius 3 is 2.46 bits per heavy atom. The predicted molar refractivity (Wildman–Crippen MR) is 53.4 cm³/mol. The first-order chi connectivity index (χ1) is 5.88. The third-order valence-corrected chi connectivity index (χ3v) is 2.97. The Bertz CT molecular complexity index is 160. The number of hydrogen-bond acceptors (Lipinski definition) is 2. The van der Waals surface area contributed by atoms with Crippen LogP contribution in [0.25, 0.3) is 0 Å². The van der Waals surface area contributed by atoms with E-state index in [9.17, 15) is 10.2 Å². The van der Waals surface area contributed by atoms with Crippen molar-refractivity contribution in [3.63, 3.8) is 0 Å². The van der Waals surface area contributed by atoms with Crippen LogP contribution in [-0.2, 0) is 0 Å². The van der Waals surface area contributed by atoms with Gasteiger partial charge in [-0.05, 0) is 51.4 Å². The highest BCUT2D eigenvalue weighted by Gasteiger charge is 2.30. The molecule has 0 saturated heterocycles. The Kier molecular flexibility index (Phi) is 3.36. The van der Waals surface area contributed by atoms with Gasteiger partial charge in [-0.2, -0.15) is 0 Å². The summed E-state index contributed by atoms with van der Waals surface area (Å²) in [5.41, 5.74) is -0.636. The van der Waals surface area contributed by atoms with Crippen molar-refractivity contribution < 1.29 is 10.2 Å². The molecule has 0 aromatic rings. The minimum absolute atomic E-state index is 0.192. The molecule has 1 rings (SSSR count). The van der Waals surface area contributed by atoms with Crippen LogP contribution >= 0.6 is 0 Å². The smallest absolute Gasteiger partial charge is 0.0595 e. The van der Waals surface area contributed by atoms with Crippen molar-refractivity contribution in [2.24, 2.45) is 11.8 Å². The van der Waals surface area contributed by atoms with E-state index in [4.69, 9.17) is 0 Å². The number of hydrogen-bond donors (Lipinski definition) is 2. The maximum atomic E-state index is 9.74. The standard InChI is InChI=1S/C11H22O2/c1-8-4-5-10(12)9(6-8)7-11(2,3)13/h8-10,12-13H,4-7H2,1-3H3. The Morgan fingerprint density at radius 1 is 1.31 bits per heavy atom. The molecule has 1 aliphatic rings. The van der Waals surface area contributed by atoms with E-state index in [-0.39, 0.29) is 6.10 Å². The monoisotopic (exact) mass is 186 g/mol. The highest BCUT2D eigenvalue weighted by Crippen LogP contribution is 2.33. The third kappa shape index (κ3) is 3.65. The second kappa shape index (κ2) is 3.97. The van der Waals surface area contributed by atoms with E-state index in [1.807, 2.05) is 13.8 Å². The van der Waals surface area contributed by atoms with Crippen LogP contribution in [0.5, 0.6) is 0 Å². The van der Waals surface area contributed by atoms with E-state index in [0.717, 1.165) is 25.7 Å². The van der Waals surface area contributed by atoms with E-state index < -0.39 is 5.60 Å². The molecule has 0 bridgehead atoms. The largest absolute Gasteiger partial charge is 0.393 e. The zero-order valence-electron chi connectivity index (χ0n) is 8.95. The summed E-state index contributed by atoms with van der Waals surface area (Å²) in [6.45, 7) is 5.86. The summed E-state index contributed by atoms with van der Waals surface area (Å²) in [5.74, 6) is 1.000. The van der Waals surface area contributed by atoms with Gasteiger partial charge in [-0.3, -0.25) is 0 Å². The first-order valence-corrected chi connectivity index (χ1v) is 5.29. The molecule has 0 heterocycles. The van der Waals surface area contributed by atoms with Gasteiger partial charge in [-0.1, -0.05) is 6.92 Å². The zero-order valence-corrected chi connectivity index (χ0v) is 8.95. The lowest BCUT2D eigenvalue weighted by atomic mass is 9.76. The highest BCUT2D eigenvalue weighted by atomic mass is 16.3. The molecule has 1 fully saturated rings. The summed E-state index contributed by atoms with van der Waals surface area (Å²) < 4.78 is 0. The van der Waals surface area contributed by atoms with Crippen molar-refractivity contribution in [3.05, 3.63) is 0 Å². The summed E-state index contributed by atoms with van der Waals surface area (Å²) in [6, 6.07) is 0. The van der Waals surface area contributed by atoms with Crippen LogP contribution < -0.4 is 0 Å². The van der Waals surface area contributed by atoms with E-state index >= 15 is 0 Å². The van der Waals surface area contributed by atoms with Crippen LogP contribution in [-0.4, -0.2) is 21.9 Å². The predicted octanol–water partition coefficient (Wildman–Crippen LogP) is 1.94. The zero-order chi connectivity index (χ0) is 10.1. The van der Waals surface area contributed by atoms with E-state index in [2.05, 4.69) is 6.92 Å². The summed E-state index contributed by atoms with van der Waals surface area (Å²) >= 11 is 0. The average molecular weight is 186 g/mol. The number of aliphatic hydroxyl groups is 2. The van der Waals surface area contributed by atoms with Crippen molar-refractivity contribution in [2.45, 2.75) is 58.2 Å². The lowest BCUT2D eigenvalue weighted by molar-refractivity contribution is -0.0126. The number of aliphatic hydroxyl groups excluding tert-OH is 1. The Labute approximate surface area is 81.0 Å². The quantitative estimate of drug-likeness (QED) is 0.692. The summed E-state index contributed by atoms with van der Waals surface area (Å²) in [7, 11) is 0. The molecule has 0 aromatic heterocycles. The van der Waals surface area contributed by atoms with Crippen molar-refractivity contribution in [1.29, 1.82) is 0 Å². The molecular formula is C11H22O2. The van der Waals surface area contributed by atoms with Gasteiger partial charge in [-0.15, -0.1) is 0 Å².